The molecule has 1 fully saturated rings. The number of aromatic nitrogens is 1. The van der Waals surface area contributed by atoms with Crippen LogP contribution in [0.5, 0.6) is 0 Å². The second kappa shape index (κ2) is 8.08. The molecule has 26 heavy (non-hydrogen) atoms. The van der Waals surface area contributed by atoms with Crippen LogP contribution < -0.4 is 0 Å². The number of hydrogen-bond acceptors (Lipinski definition) is 3. The van der Waals surface area contributed by atoms with Crippen molar-refractivity contribution < 1.29 is 19.1 Å². The molecule has 0 saturated heterocycles. The largest absolute Gasteiger partial charge is 0.478 e. The zero-order valence-electron chi connectivity index (χ0n) is 14.4. The topological polar surface area (TPSA) is 70.5 Å². The minimum atomic E-state index is -1.09. The van der Waals surface area contributed by atoms with Crippen molar-refractivity contribution in [2.24, 2.45) is 0 Å². The van der Waals surface area contributed by atoms with Gasteiger partial charge in [0.05, 0.1) is 5.56 Å². The Labute approximate surface area is 151 Å². The molecule has 0 unspecified atom stereocenters. The van der Waals surface area contributed by atoms with E-state index in [1.807, 2.05) is 0 Å². The predicted octanol–water partition coefficient (Wildman–Crippen LogP) is 3.89. The molecule has 1 aliphatic carbocycles. The van der Waals surface area contributed by atoms with Crippen LogP contribution in [0.25, 0.3) is 0 Å². The summed E-state index contributed by atoms with van der Waals surface area (Å²) in [4.78, 5) is 29.7. The average molecular weight is 356 g/mol. The van der Waals surface area contributed by atoms with E-state index < -0.39 is 5.97 Å². The fourth-order valence-corrected chi connectivity index (χ4v) is 3.36. The summed E-state index contributed by atoms with van der Waals surface area (Å²) >= 11 is 0. The monoisotopic (exact) mass is 356 g/mol. The molecule has 0 atom stereocenters. The lowest BCUT2D eigenvalue weighted by atomic mass is 9.93. The van der Waals surface area contributed by atoms with E-state index in [1.165, 1.54) is 24.4 Å². The lowest BCUT2D eigenvalue weighted by molar-refractivity contribution is 0.0603. The van der Waals surface area contributed by atoms with Gasteiger partial charge in [-0.15, -0.1) is 0 Å². The normalized spacial score (nSPS) is 14.8. The molecule has 1 heterocycles. The number of carbonyl (C=O) groups excluding carboxylic acids is 1. The van der Waals surface area contributed by atoms with Crippen LogP contribution in [0.4, 0.5) is 4.39 Å². The average Bonchev–Trinajstić information content (AvgIpc) is 2.67. The summed E-state index contributed by atoms with van der Waals surface area (Å²) in [5.41, 5.74) is 0.672. The number of rotatable bonds is 5. The third-order valence-electron chi connectivity index (χ3n) is 4.80. The van der Waals surface area contributed by atoms with Crippen molar-refractivity contribution in [3.05, 3.63) is 65.2 Å². The third-order valence-corrected chi connectivity index (χ3v) is 4.80. The van der Waals surface area contributed by atoms with Gasteiger partial charge in [-0.2, -0.15) is 0 Å². The Kier molecular flexibility index (Phi) is 5.61. The van der Waals surface area contributed by atoms with Crippen molar-refractivity contribution in [2.45, 2.75) is 44.7 Å². The summed E-state index contributed by atoms with van der Waals surface area (Å²) < 4.78 is 14.1. The highest BCUT2D eigenvalue weighted by Gasteiger charge is 2.28. The van der Waals surface area contributed by atoms with E-state index in [2.05, 4.69) is 4.98 Å². The maximum atomic E-state index is 14.1. The second-order valence-electron chi connectivity index (χ2n) is 6.55. The second-order valence-corrected chi connectivity index (χ2v) is 6.55. The van der Waals surface area contributed by atoms with Gasteiger partial charge in [-0.3, -0.25) is 9.78 Å². The van der Waals surface area contributed by atoms with Gasteiger partial charge in [0, 0.05) is 24.3 Å². The van der Waals surface area contributed by atoms with Gasteiger partial charge in [-0.1, -0.05) is 37.5 Å². The minimum absolute atomic E-state index is 0.0277. The van der Waals surface area contributed by atoms with Crippen LogP contribution in [-0.4, -0.2) is 32.9 Å². The van der Waals surface area contributed by atoms with E-state index in [4.69, 9.17) is 5.11 Å². The number of amides is 1. The van der Waals surface area contributed by atoms with Crippen LogP contribution in [0.15, 0.2) is 42.6 Å². The van der Waals surface area contributed by atoms with Crippen LogP contribution in [0, 0.1) is 5.82 Å². The van der Waals surface area contributed by atoms with E-state index >= 15 is 0 Å². The Hall–Kier alpha value is -2.76. The van der Waals surface area contributed by atoms with Gasteiger partial charge < -0.3 is 10.0 Å². The Balaban J connectivity index is 1.87. The third kappa shape index (κ3) is 4.07. The summed E-state index contributed by atoms with van der Waals surface area (Å²) in [6, 6.07) is 9.27. The molecule has 5 nitrogen and oxygen atoms in total. The Bertz CT molecular complexity index is 786. The lowest BCUT2D eigenvalue weighted by Crippen LogP contribution is -2.41. The Morgan fingerprint density at radius 1 is 1.12 bits per heavy atom. The summed E-state index contributed by atoms with van der Waals surface area (Å²) in [6.45, 7) is 0.179. The van der Waals surface area contributed by atoms with Gasteiger partial charge in [0.2, 0.25) is 0 Å². The van der Waals surface area contributed by atoms with Gasteiger partial charge in [-0.05, 0) is 31.0 Å². The van der Waals surface area contributed by atoms with Gasteiger partial charge >= 0.3 is 5.97 Å². The number of nitrogens with zero attached hydrogens (tertiary/aromatic N) is 2. The fourth-order valence-electron chi connectivity index (χ4n) is 3.36. The molecule has 1 N–H and O–H groups in total. The highest BCUT2D eigenvalue weighted by Crippen LogP contribution is 2.26. The maximum absolute atomic E-state index is 14.1. The molecule has 2 aromatic rings. The highest BCUT2D eigenvalue weighted by atomic mass is 19.1. The molecule has 1 aromatic heterocycles. The number of benzene rings is 1. The van der Waals surface area contributed by atoms with Crippen LogP contribution in [-0.2, 0) is 6.54 Å². The van der Waals surface area contributed by atoms with Gasteiger partial charge in [-0.25, -0.2) is 9.18 Å². The van der Waals surface area contributed by atoms with Crippen LogP contribution in [0.2, 0.25) is 0 Å². The summed E-state index contributed by atoms with van der Waals surface area (Å²) in [7, 11) is 0. The Morgan fingerprint density at radius 2 is 1.85 bits per heavy atom. The number of pyridine rings is 1. The molecule has 1 aromatic carbocycles. The van der Waals surface area contributed by atoms with E-state index in [0.717, 1.165) is 32.1 Å². The molecular weight excluding hydrogens is 335 g/mol. The first kappa shape index (κ1) is 18.0. The molecule has 0 radical (unpaired) electrons. The van der Waals surface area contributed by atoms with Crippen molar-refractivity contribution in [1.82, 2.24) is 9.88 Å². The van der Waals surface area contributed by atoms with Gasteiger partial charge in [0.15, 0.2) is 0 Å². The predicted molar refractivity (Wildman–Crippen MR) is 94.3 cm³/mol. The number of aromatic carboxylic acids is 1. The lowest BCUT2D eigenvalue weighted by Gasteiger charge is -2.34. The zero-order valence-corrected chi connectivity index (χ0v) is 14.4. The number of carboxylic acids is 1. The maximum Gasteiger partial charge on any atom is 0.337 e. The van der Waals surface area contributed by atoms with Crippen LogP contribution in [0.3, 0.4) is 0 Å². The molecule has 6 heteroatoms. The first-order chi connectivity index (χ1) is 12.6. The number of carbonyl (C=O) groups is 2. The fraction of sp³-hybridized carbons (Fsp3) is 0.350. The molecule has 0 aliphatic heterocycles. The molecule has 1 aliphatic rings. The van der Waals surface area contributed by atoms with Crippen molar-refractivity contribution in [3.63, 3.8) is 0 Å². The van der Waals surface area contributed by atoms with Crippen molar-refractivity contribution in [3.8, 4) is 0 Å². The smallest absolute Gasteiger partial charge is 0.337 e. The van der Waals surface area contributed by atoms with E-state index in [0.29, 0.717) is 5.56 Å². The molecule has 0 spiro atoms. The highest BCUT2D eigenvalue weighted by molar-refractivity contribution is 5.94. The van der Waals surface area contributed by atoms with Crippen molar-refractivity contribution >= 4 is 11.9 Å². The molecule has 3 rings (SSSR count). The van der Waals surface area contributed by atoms with Gasteiger partial charge in [0.1, 0.15) is 11.5 Å². The molecule has 136 valence electrons. The van der Waals surface area contributed by atoms with Gasteiger partial charge in [0.25, 0.3) is 5.91 Å². The zero-order chi connectivity index (χ0) is 18.5. The van der Waals surface area contributed by atoms with E-state index in [-0.39, 0.29) is 35.6 Å². The van der Waals surface area contributed by atoms with Crippen LogP contribution in [0.1, 0.15) is 58.5 Å². The Morgan fingerprint density at radius 3 is 2.46 bits per heavy atom. The molecule has 1 saturated carbocycles. The molecular formula is C20H21FN2O3. The SMILES string of the molecule is O=C(O)c1ccc(C(=O)N(Cc2ccccc2F)C2CCCCC2)nc1. The number of hydrogen-bond donors (Lipinski definition) is 1. The van der Waals surface area contributed by atoms with Crippen molar-refractivity contribution in [1.29, 1.82) is 0 Å². The van der Waals surface area contributed by atoms with E-state index in [1.54, 1.807) is 23.1 Å². The standard InChI is InChI=1S/C20H21FN2O3/c21-17-9-5-4-6-15(17)13-23(16-7-2-1-3-8-16)19(24)18-11-10-14(12-22-18)20(25)26/h4-6,9-12,16H,1-3,7-8,13H2,(H,25,26). The summed E-state index contributed by atoms with van der Waals surface area (Å²) in [6.07, 6.45) is 6.16. The van der Waals surface area contributed by atoms with Crippen LogP contribution >= 0.6 is 0 Å². The molecule has 0 bridgehead atoms. The number of carboxylic acid groups (broad SMARTS) is 1. The van der Waals surface area contributed by atoms with E-state index in [9.17, 15) is 14.0 Å². The quantitative estimate of drug-likeness (QED) is 0.882. The minimum Gasteiger partial charge on any atom is -0.478 e. The first-order valence-corrected chi connectivity index (χ1v) is 8.80. The summed E-state index contributed by atoms with van der Waals surface area (Å²) in [5.74, 6) is -1.72. The summed E-state index contributed by atoms with van der Waals surface area (Å²) in [5, 5.41) is 8.98. The first-order valence-electron chi connectivity index (χ1n) is 8.80. The molecule has 1 amide bonds. The number of halogens is 1. The van der Waals surface area contributed by atoms with Crippen molar-refractivity contribution in [2.75, 3.05) is 0 Å².